The predicted octanol–water partition coefficient (Wildman–Crippen LogP) is 2.12. The maximum absolute atomic E-state index is 12.5. The number of carbonyl (C=O) groups excluding carboxylic acids is 1. The third-order valence-corrected chi connectivity index (χ3v) is 4.30. The van der Waals surface area contributed by atoms with Crippen LogP contribution in [0.5, 0.6) is 0 Å². The first kappa shape index (κ1) is 14.3. The molecule has 1 aromatic carbocycles. The lowest BCUT2D eigenvalue weighted by Crippen LogP contribution is -2.32. The lowest BCUT2D eigenvalue weighted by Gasteiger charge is -2.15. The standard InChI is InChI=1S/C15H17BrN4O/c1-10-14(15(21)19-6-5-12(17)9-19)8-18-20(10)13-4-2-3-11(16)7-13/h2-4,7-8,12H,5-6,9,17H2,1H3/t12-/m1/s1. The van der Waals surface area contributed by atoms with Crippen molar-refractivity contribution in [3.63, 3.8) is 0 Å². The number of benzene rings is 1. The molecule has 0 bridgehead atoms. The largest absolute Gasteiger partial charge is 0.337 e. The van der Waals surface area contributed by atoms with Crippen LogP contribution in [0.15, 0.2) is 34.9 Å². The molecule has 1 saturated heterocycles. The zero-order chi connectivity index (χ0) is 15.0. The molecule has 110 valence electrons. The molecule has 3 rings (SSSR count). The smallest absolute Gasteiger partial charge is 0.257 e. The molecule has 1 aliphatic rings. The van der Waals surface area contributed by atoms with Crippen LogP contribution in [-0.4, -0.2) is 39.7 Å². The molecule has 0 aliphatic carbocycles. The molecule has 0 spiro atoms. The van der Waals surface area contributed by atoms with E-state index in [1.165, 1.54) is 0 Å². The molecule has 2 N–H and O–H groups in total. The highest BCUT2D eigenvalue weighted by molar-refractivity contribution is 9.10. The van der Waals surface area contributed by atoms with Gasteiger partial charge in [-0.15, -0.1) is 0 Å². The van der Waals surface area contributed by atoms with Gasteiger partial charge in [0.25, 0.3) is 5.91 Å². The van der Waals surface area contributed by atoms with Gasteiger partial charge in [-0.3, -0.25) is 4.79 Å². The number of aromatic nitrogens is 2. The Labute approximate surface area is 131 Å². The van der Waals surface area contributed by atoms with E-state index in [1.807, 2.05) is 31.2 Å². The minimum atomic E-state index is 0.0155. The Bertz CT molecular complexity index is 682. The van der Waals surface area contributed by atoms with Gasteiger partial charge in [-0.1, -0.05) is 22.0 Å². The Kier molecular flexibility index (Phi) is 3.82. The molecule has 5 nitrogen and oxygen atoms in total. The van der Waals surface area contributed by atoms with Crippen molar-refractivity contribution in [3.05, 3.63) is 46.2 Å². The fourth-order valence-electron chi connectivity index (χ4n) is 2.63. The first-order valence-electron chi connectivity index (χ1n) is 6.91. The number of amides is 1. The Balaban J connectivity index is 1.91. The summed E-state index contributed by atoms with van der Waals surface area (Å²) in [5.41, 5.74) is 8.29. The van der Waals surface area contributed by atoms with Crippen LogP contribution in [0.3, 0.4) is 0 Å². The molecule has 0 unspecified atom stereocenters. The lowest BCUT2D eigenvalue weighted by atomic mass is 10.2. The fraction of sp³-hybridized carbons (Fsp3) is 0.333. The quantitative estimate of drug-likeness (QED) is 0.903. The Hall–Kier alpha value is -1.66. The maximum atomic E-state index is 12.5. The molecule has 21 heavy (non-hydrogen) atoms. The minimum Gasteiger partial charge on any atom is -0.337 e. The van der Waals surface area contributed by atoms with Gasteiger partial charge in [0, 0.05) is 23.6 Å². The van der Waals surface area contributed by atoms with Crippen molar-refractivity contribution >= 4 is 21.8 Å². The van der Waals surface area contributed by atoms with E-state index in [1.54, 1.807) is 15.8 Å². The summed E-state index contributed by atoms with van der Waals surface area (Å²) in [6.07, 6.45) is 2.51. The van der Waals surface area contributed by atoms with Gasteiger partial charge in [0.2, 0.25) is 0 Å². The van der Waals surface area contributed by atoms with Gasteiger partial charge < -0.3 is 10.6 Å². The molecule has 1 atom stereocenters. The highest BCUT2D eigenvalue weighted by Crippen LogP contribution is 2.20. The maximum Gasteiger partial charge on any atom is 0.257 e. The number of likely N-dealkylation sites (tertiary alicyclic amines) is 1. The predicted molar refractivity (Wildman–Crippen MR) is 84.5 cm³/mol. The second kappa shape index (κ2) is 5.61. The van der Waals surface area contributed by atoms with Crippen molar-refractivity contribution in [2.75, 3.05) is 13.1 Å². The van der Waals surface area contributed by atoms with Gasteiger partial charge >= 0.3 is 0 Å². The van der Waals surface area contributed by atoms with E-state index >= 15 is 0 Å². The first-order valence-corrected chi connectivity index (χ1v) is 7.71. The average Bonchev–Trinajstić information content (AvgIpc) is 3.04. The van der Waals surface area contributed by atoms with Crippen LogP contribution in [0, 0.1) is 6.92 Å². The van der Waals surface area contributed by atoms with Crippen LogP contribution in [-0.2, 0) is 0 Å². The van der Waals surface area contributed by atoms with Crippen molar-refractivity contribution < 1.29 is 4.79 Å². The van der Waals surface area contributed by atoms with Crippen molar-refractivity contribution in [1.29, 1.82) is 0 Å². The molecular formula is C15H17BrN4O. The van der Waals surface area contributed by atoms with E-state index in [4.69, 9.17) is 5.73 Å². The van der Waals surface area contributed by atoms with E-state index in [0.717, 1.165) is 28.8 Å². The summed E-state index contributed by atoms with van der Waals surface area (Å²) in [6.45, 7) is 3.26. The van der Waals surface area contributed by atoms with E-state index in [9.17, 15) is 4.79 Å². The summed E-state index contributed by atoms with van der Waals surface area (Å²) in [5.74, 6) is 0.0155. The monoisotopic (exact) mass is 348 g/mol. The molecular weight excluding hydrogens is 332 g/mol. The van der Waals surface area contributed by atoms with Gasteiger partial charge in [0.05, 0.1) is 23.1 Å². The molecule has 1 fully saturated rings. The zero-order valence-corrected chi connectivity index (χ0v) is 13.4. The second-order valence-electron chi connectivity index (χ2n) is 5.34. The van der Waals surface area contributed by atoms with Gasteiger partial charge in [-0.05, 0) is 31.5 Å². The highest BCUT2D eigenvalue weighted by atomic mass is 79.9. The topological polar surface area (TPSA) is 64.2 Å². The Morgan fingerprint density at radius 1 is 1.48 bits per heavy atom. The molecule has 0 saturated carbocycles. The van der Waals surface area contributed by atoms with Gasteiger partial charge in [-0.2, -0.15) is 5.10 Å². The van der Waals surface area contributed by atoms with Crippen LogP contribution >= 0.6 is 15.9 Å². The fourth-order valence-corrected chi connectivity index (χ4v) is 3.02. The molecule has 1 aliphatic heterocycles. The van der Waals surface area contributed by atoms with Crippen LogP contribution < -0.4 is 5.73 Å². The van der Waals surface area contributed by atoms with Crippen LogP contribution in [0.2, 0.25) is 0 Å². The first-order chi connectivity index (χ1) is 10.1. The molecule has 0 radical (unpaired) electrons. The number of rotatable bonds is 2. The average molecular weight is 349 g/mol. The second-order valence-corrected chi connectivity index (χ2v) is 6.25. The van der Waals surface area contributed by atoms with Gasteiger partial charge in [-0.25, -0.2) is 4.68 Å². The zero-order valence-electron chi connectivity index (χ0n) is 11.8. The van der Waals surface area contributed by atoms with Crippen molar-refractivity contribution in [3.8, 4) is 5.69 Å². The number of hydrogen-bond donors (Lipinski definition) is 1. The van der Waals surface area contributed by atoms with E-state index < -0.39 is 0 Å². The third-order valence-electron chi connectivity index (χ3n) is 3.80. The summed E-state index contributed by atoms with van der Waals surface area (Å²) in [7, 11) is 0. The third kappa shape index (κ3) is 2.73. The van der Waals surface area contributed by atoms with E-state index in [-0.39, 0.29) is 11.9 Å². The number of nitrogens with zero attached hydrogens (tertiary/aromatic N) is 3. The number of nitrogens with two attached hydrogens (primary N) is 1. The van der Waals surface area contributed by atoms with Crippen LogP contribution in [0.25, 0.3) is 5.69 Å². The Morgan fingerprint density at radius 2 is 2.29 bits per heavy atom. The van der Waals surface area contributed by atoms with Crippen molar-refractivity contribution in [2.24, 2.45) is 5.73 Å². The molecule has 6 heteroatoms. The summed E-state index contributed by atoms with van der Waals surface area (Å²) >= 11 is 3.45. The summed E-state index contributed by atoms with van der Waals surface area (Å²) < 4.78 is 2.77. The van der Waals surface area contributed by atoms with Crippen LogP contribution in [0.4, 0.5) is 0 Å². The Morgan fingerprint density at radius 3 is 2.95 bits per heavy atom. The SMILES string of the molecule is Cc1c(C(=O)N2CC[C@@H](N)C2)cnn1-c1cccc(Br)c1. The molecule has 1 amide bonds. The highest BCUT2D eigenvalue weighted by Gasteiger charge is 2.27. The normalized spacial score (nSPS) is 18.2. The van der Waals surface area contributed by atoms with Gasteiger partial charge in [0.1, 0.15) is 0 Å². The lowest BCUT2D eigenvalue weighted by molar-refractivity contribution is 0.0790. The summed E-state index contributed by atoms with van der Waals surface area (Å²) in [5, 5.41) is 4.36. The molecule has 2 heterocycles. The minimum absolute atomic E-state index is 0.0155. The molecule has 2 aromatic rings. The van der Waals surface area contributed by atoms with E-state index in [2.05, 4.69) is 21.0 Å². The number of halogens is 1. The number of hydrogen-bond acceptors (Lipinski definition) is 3. The van der Waals surface area contributed by atoms with E-state index in [0.29, 0.717) is 12.1 Å². The van der Waals surface area contributed by atoms with Gasteiger partial charge in [0.15, 0.2) is 0 Å². The van der Waals surface area contributed by atoms with Crippen molar-refractivity contribution in [1.82, 2.24) is 14.7 Å². The molecule has 1 aromatic heterocycles. The number of carbonyl (C=O) groups is 1. The summed E-state index contributed by atoms with van der Waals surface area (Å²) in [6, 6.07) is 7.93. The summed E-state index contributed by atoms with van der Waals surface area (Å²) in [4.78, 5) is 14.3. The van der Waals surface area contributed by atoms with Crippen LogP contribution in [0.1, 0.15) is 22.5 Å². The van der Waals surface area contributed by atoms with Crippen molar-refractivity contribution in [2.45, 2.75) is 19.4 Å².